The van der Waals surface area contributed by atoms with Crippen LogP contribution < -0.4 is 0 Å². The van der Waals surface area contributed by atoms with Gasteiger partial charge >= 0.3 is 0 Å². The van der Waals surface area contributed by atoms with Gasteiger partial charge < -0.3 is 14.4 Å². The minimum absolute atomic E-state index is 0.482. The second-order valence-corrected chi connectivity index (χ2v) is 7.41. The Bertz CT molecular complexity index is 1200. The summed E-state index contributed by atoms with van der Waals surface area (Å²) in [5.74, 6) is 1.52. The molecule has 0 atom stereocenters. The van der Waals surface area contributed by atoms with Crippen LogP contribution in [-0.2, 0) is 9.47 Å². The molecular formula is C33H31NO2. The van der Waals surface area contributed by atoms with Crippen LogP contribution in [0.2, 0.25) is 0 Å². The molecule has 3 aliphatic rings. The largest absolute Gasteiger partial charge is 0.495 e. The van der Waals surface area contributed by atoms with E-state index < -0.39 is 0 Å². The van der Waals surface area contributed by atoms with Crippen LogP contribution in [0.1, 0.15) is 0 Å². The van der Waals surface area contributed by atoms with Crippen LogP contribution in [0, 0.1) is 0 Å². The van der Waals surface area contributed by atoms with Crippen LogP contribution in [0.5, 0.6) is 0 Å². The highest BCUT2D eigenvalue weighted by molar-refractivity contribution is 5.35. The minimum Gasteiger partial charge on any atom is -0.495 e. The summed E-state index contributed by atoms with van der Waals surface area (Å²) in [6.07, 6.45) is 56.9. The Labute approximate surface area is 214 Å². The molecule has 0 fully saturated rings. The zero-order chi connectivity index (χ0) is 24.9. The molecule has 3 nitrogen and oxygen atoms in total. The monoisotopic (exact) mass is 473 g/mol. The first kappa shape index (κ1) is 25.9. The Balaban J connectivity index is 1.69. The Kier molecular flexibility index (Phi) is 12.1. The Morgan fingerprint density at radius 2 is 1.03 bits per heavy atom. The summed E-state index contributed by atoms with van der Waals surface area (Å²) in [5.41, 5.74) is 0.923. The fourth-order valence-electron chi connectivity index (χ4n) is 2.92. The van der Waals surface area contributed by atoms with E-state index in [2.05, 4.69) is 0 Å². The number of fused-ring (bicyclic) bond motifs is 3. The molecule has 0 saturated heterocycles. The van der Waals surface area contributed by atoms with Gasteiger partial charge in [0.15, 0.2) is 0 Å². The van der Waals surface area contributed by atoms with Crippen molar-refractivity contribution >= 4 is 0 Å². The average Bonchev–Trinajstić information content (AvgIpc) is 2.90. The topological polar surface area (TPSA) is 21.7 Å². The molecule has 0 spiro atoms. The highest BCUT2D eigenvalue weighted by atomic mass is 16.5. The van der Waals surface area contributed by atoms with Crippen molar-refractivity contribution < 1.29 is 9.47 Å². The van der Waals surface area contributed by atoms with Gasteiger partial charge in [-0.2, -0.15) is 0 Å². The van der Waals surface area contributed by atoms with Crippen molar-refractivity contribution in [3.8, 4) is 0 Å². The second-order valence-electron chi connectivity index (χ2n) is 7.41. The summed E-state index contributed by atoms with van der Waals surface area (Å²) < 4.78 is 11.7. The average molecular weight is 474 g/mol. The fraction of sp³-hybridized carbons (Fsp3) is 0.0303. The van der Waals surface area contributed by atoms with Gasteiger partial charge in [-0.15, -0.1) is 0 Å². The highest BCUT2D eigenvalue weighted by Crippen LogP contribution is 2.18. The van der Waals surface area contributed by atoms with Crippen LogP contribution in [-0.4, -0.2) is 11.5 Å². The molecule has 0 aromatic heterocycles. The van der Waals surface area contributed by atoms with Gasteiger partial charge in [-0.25, -0.2) is 0 Å². The van der Waals surface area contributed by atoms with Crippen molar-refractivity contribution in [1.82, 2.24) is 4.90 Å². The maximum Gasteiger partial charge on any atom is 0.128 e. The van der Waals surface area contributed by atoms with Crippen molar-refractivity contribution in [2.45, 2.75) is 0 Å². The molecule has 180 valence electrons. The SMILES string of the molecule is C1=CC=CCOC=C2C=CC=CN2/C=C\C2=CC=CC(=CC=CC=C/C=C\C=CC=C/C=C\C=C1)O2. The first-order chi connectivity index (χ1) is 17.9. The van der Waals surface area contributed by atoms with Gasteiger partial charge in [0.25, 0.3) is 0 Å². The Hall–Kier alpha value is -4.76. The third-order valence-corrected chi connectivity index (χ3v) is 4.65. The lowest BCUT2D eigenvalue weighted by molar-refractivity contribution is 0.281. The summed E-state index contributed by atoms with van der Waals surface area (Å²) in [6, 6.07) is 0. The zero-order valence-corrected chi connectivity index (χ0v) is 20.2. The number of hydrogen-bond donors (Lipinski definition) is 0. The summed E-state index contributed by atoms with van der Waals surface area (Å²) in [5, 5.41) is 0. The zero-order valence-electron chi connectivity index (χ0n) is 20.2. The Morgan fingerprint density at radius 3 is 1.69 bits per heavy atom. The first-order valence-corrected chi connectivity index (χ1v) is 11.8. The quantitative estimate of drug-likeness (QED) is 0.355. The highest BCUT2D eigenvalue weighted by Gasteiger charge is 2.06. The van der Waals surface area contributed by atoms with E-state index in [-0.39, 0.29) is 0 Å². The molecular weight excluding hydrogens is 442 g/mol. The number of nitrogens with zero attached hydrogens (tertiary/aromatic N) is 1. The van der Waals surface area contributed by atoms with Crippen LogP contribution in [0.3, 0.4) is 0 Å². The van der Waals surface area contributed by atoms with E-state index in [0.717, 1.165) is 17.2 Å². The normalized spacial score (nSPS) is 21.1. The summed E-state index contributed by atoms with van der Waals surface area (Å²) in [4.78, 5) is 1.98. The van der Waals surface area contributed by atoms with Gasteiger partial charge in [-0.3, -0.25) is 0 Å². The molecule has 2 bridgehead atoms. The summed E-state index contributed by atoms with van der Waals surface area (Å²) >= 11 is 0. The molecule has 3 aliphatic heterocycles. The summed E-state index contributed by atoms with van der Waals surface area (Å²) in [7, 11) is 0. The lowest BCUT2D eigenvalue weighted by Gasteiger charge is -2.19. The number of rotatable bonds is 0. The molecule has 0 amide bonds. The molecule has 0 N–H and O–H groups in total. The van der Waals surface area contributed by atoms with Crippen molar-refractivity contribution in [1.29, 1.82) is 0 Å². The molecule has 36 heavy (non-hydrogen) atoms. The van der Waals surface area contributed by atoms with Gasteiger partial charge in [0.1, 0.15) is 24.4 Å². The van der Waals surface area contributed by atoms with Crippen LogP contribution in [0.4, 0.5) is 0 Å². The third kappa shape index (κ3) is 10.9. The van der Waals surface area contributed by atoms with E-state index in [1.807, 2.05) is 175 Å². The standard InChI is InChI=1S/C33H31NO2/c1-2-4-6-8-10-12-14-16-20-29-35-30-31-22-18-19-27-34(31)28-26-33-25-21-24-32(36-33)23-17-15-13-11-9-7-5-3-1/h1-28,30H,29H2/b2-1?,5-3?,6-4-,9-7-,10-8?,13-11?,14-12?,17-15?,20-16?,28-26-,31-30?,32-23?. The molecule has 0 radical (unpaired) electrons. The molecule has 3 rings (SSSR count). The van der Waals surface area contributed by atoms with Gasteiger partial charge in [0.2, 0.25) is 0 Å². The van der Waals surface area contributed by atoms with Crippen molar-refractivity contribution in [2.75, 3.05) is 6.61 Å². The van der Waals surface area contributed by atoms with Crippen LogP contribution in [0.25, 0.3) is 0 Å². The van der Waals surface area contributed by atoms with Gasteiger partial charge in [-0.1, -0.05) is 115 Å². The van der Waals surface area contributed by atoms with E-state index in [4.69, 9.17) is 9.47 Å². The Morgan fingerprint density at radius 1 is 0.472 bits per heavy atom. The van der Waals surface area contributed by atoms with Crippen molar-refractivity contribution in [3.05, 3.63) is 194 Å². The van der Waals surface area contributed by atoms with E-state index in [1.54, 1.807) is 6.26 Å². The molecule has 3 heteroatoms. The maximum absolute atomic E-state index is 5.95. The van der Waals surface area contributed by atoms with Gasteiger partial charge in [0, 0.05) is 12.4 Å². The minimum atomic E-state index is 0.482. The molecule has 0 aromatic carbocycles. The third-order valence-electron chi connectivity index (χ3n) is 4.65. The predicted octanol–water partition coefficient (Wildman–Crippen LogP) is 8.12. The van der Waals surface area contributed by atoms with E-state index in [9.17, 15) is 0 Å². The molecule has 0 aromatic rings. The molecule has 0 unspecified atom stereocenters. The predicted molar refractivity (Wildman–Crippen MR) is 152 cm³/mol. The van der Waals surface area contributed by atoms with Crippen LogP contribution >= 0.6 is 0 Å². The second kappa shape index (κ2) is 16.8. The number of hydrogen-bond acceptors (Lipinski definition) is 3. The fourth-order valence-corrected chi connectivity index (χ4v) is 2.92. The van der Waals surface area contributed by atoms with Gasteiger partial charge in [-0.05, 0) is 42.5 Å². The van der Waals surface area contributed by atoms with Crippen molar-refractivity contribution in [3.63, 3.8) is 0 Å². The van der Waals surface area contributed by atoms with E-state index >= 15 is 0 Å². The van der Waals surface area contributed by atoms with Gasteiger partial charge in [0.05, 0.1) is 5.70 Å². The molecule has 0 saturated carbocycles. The van der Waals surface area contributed by atoms with Crippen LogP contribution in [0.15, 0.2) is 194 Å². The number of ether oxygens (including phenoxy) is 2. The smallest absolute Gasteiger partial charge is 0.128 e. The maximum atomic E-state index is 5.95. The lowest BCUT2D eigenvalue weighted by Crippen LogP contribution is -2.10. The van der Waals surface area contributed by atoms with Crippen molar-refractivity contribution in [2.24, 2.45) is 0 Å². The molecule has 0 aliphatic carbocycles. The van der Waals surface area contributed by atoms with E-state index in [0.29, 0.717) is 6.61 Å². The lowest BCUT2D eigenvalue weighted by atomic mass is 10.2. The molecule has 3 heterocycles. The number of allylic oxidation sites excluding steroid dienone is 25. The summed E-state index contributed by atoms with van der Waals surface area (Å²) in [6.45, 7) is 0.482. The van der Waals surface area contributed by atoms with E-state index in [1.165, 1.54) is 0 Å². The first-order valence-electron chi connectivity index (χ1n) is 11.8.